The van der Waals surface area contributed by atoms with E-state index < -0.39 is 0 Å². The van der Waals surface area contributed by atoms with E-state index >= 15 is 0 Å². The molecule has 3 rings (SSSR count). The van der Waals surface area contributed by atoms with Gasteiger partial charge in [0.05, 0.1) is 0 Å². The van der Waals surface area contributed by atoms with Crippen molar-refractivity contribution in [3.63, 3.8) is 0 Å². The third-order valence-corrected chi connectivity index (χ3v) is 4.23. The fourth-order valence-electron chi connectivity index (χ4n) is 2.86. The number of hydrogen-bond acceptors (Lipinski definition) is 4. The van der Waals surface area contributed by atoms with Gasteiger partial charge in [0, 0.05) is 11.8 Å². The Morgan fingerprint density at radius 1 is 1.06 bits per heavy atom. The molecule has 0 bridgehead atoms. The highest BCUT2D eigenvalue weighted by Gasteiger charge is 2.49. The zero-order valence-electron chi connectivity index (χ0n) is 10.6. The Labute approximate surface area is 102 Å². The van der Waals surface area contributed by atoms with E-state index in [2.05, 4.69) is 28.8 Å². The van der Waals surface area contributed by atoms with Crippen LogP contribution in [0.4, 0.5) is 5.95 Å². The zero-order chi connectivity index (χ0) is 12.0. The maximum absolute atomic E-state index is 5.82. The summed E-state index contributed by atoms with van der Waals surface area (Å²) in [5, 5.41) is 0. The van der Waals surface area contributed by atoms with Gasteiger partial charge in [0.25, 0.3) is 0 Å². The molecule has 2 fully saturated rings. The van der Waals surface area contributed by atoms with Gasteiger partial charge in [-0.1, -0.05) is 26.7 Å². The lowest BCUT2D eigenvalue weighted by atomic mass is 10.1. The minimum absolute atomic E-state index is 0.348. The van der Waals surface area contributed by atoms with Crippen molar-refractivity contribution in [1.29, 1.82) is 0 Å². The first-order valence-corrected chi connectivity index (χ1v) is 6.57. The fourth-order valence-corrected chi connectivity index (χ4v) is 2.86. The van der Waals surface area contributed by atoms with E-state index in [1.165, 1.54) is 32.1 Å². The average Bonchev–Trinajstić information content (AvgIpc) is 2.73. The third-order valence-electron chi connectivity index (χ3n) is 4.23. The minimum Gasteiger partial charge on any atom is -0.368 e. The number of nitrogens with two attached hydrogens (primary N) is 1. The van der Waals surface area contributed by atoms with Crippen LogP contribution in [-0.4, -0.2) is 15.0 Å². The van der Waals surface area contributed by atoms with Crippen LogP contribution in [0.25, 0.3) is 0 Å². The van der Waals surface area contributed by atoms with Gasteiger partial charge in [-0.2, -0.15) is 9.97 Å². The Morgan fingerprint density at radius 3 is 2.24 bits per heavy atom. The average molecular weight is 232 g/mol. The van der Waals surface area contributed by atoms with E-state index in [4.69, 9.17) is 5.73 Å². The lowest BCUT2D eigenvalue weighted by Crippen LogP contribution is -2.10. The molecule has 0 spiro atoms. The van der Waals surface area contributed by atoms with Crippen LogP contribution in [0.1, 0.15) is 69.4 Å². The molecule has 2 N–H and O–H groups in total. The summed E-state index contributed by atoms with van der Waals surface area (Å²) in [6.07, 6.45) is 6.16. The standard InChI is InChI=1S/C13H20N4/c1-13(2)7-9(13)11-15-10(16-12(14)17-11)8-5-3-4-6-8/h8-9H,3-7H2,1-2H3,(H2,14,15,16,17). The SMILES string of the molecule is CC1(C)CC1c1nc(N)nc(C2CCCC2)n1. The molecule has 4 nitrogen and oxygen atoms in total. The van der Waals surface area contributed by atoms with Gasteiger partial charge in [-0.25, -0.2) is 4.98 Å². The van der Waals surface area contributed by atoms with Gasteiger partial charge in [0.15, 0.2) is 0 Å². The normalized spacial score (nSPS) is 27.3. The molecule has 1 aromatic rings. The van der Waals surface area contributed by atoms with Gasteiger partial charge in [0.1, 0.15) is 11.6 Å². The molecule has 1 heterocycles. The van der Waals surface area contributed by atoms with E-state index in [0.29, 0.717) is 23.2 Å². The first-order chi connectivity index (χ1) is 8.06. The molecule has 0 aliphatic heterocycles. The van der Waals surface area contributed by atoms with Gasteiger partial charge in [-0.15, -0.1) is 0 Å². The van der Waals surface area contributed by atoms with E-state index in [0.717, 1.165) is 11.6 Å². The van der Waals surface area contributed by atoms with Crippen molar-refractivity contribution in [2.45, 2.75) is 57.8 Å². The van der Waals surface area contributed by atoms with Gasteiger partial charge >= 0.3 is 0 Å². The van der Waals surface area contributed by atoms with Crippen molar-refractivity contribution in [2.75, 3.05) is 5.73 Å². The first-order valence-electron chi connectivity index (χ1n) is 6.57. The summed E-state index contributed by atoms with van der Waals surface area (Å²) >= 11 is 0. The Balaban J connectivity index is 1.90. The van der Waals surface area contributed by atoms with E-state index in [1.807, 2.05) is 0 Å². The predicted molar refractivity (Wildman–Crippen MR) is 66.6 cm³/mol. The summed E-state index contributed by atoms with van der Waals surface area (Å²) in [4.78, 5) is 13.3. The Kier molecular flexibility index (Phi) is 2.35. The molecule has 4 heteroatoms. The number of hydrogen-bond donors (Lipinski definition) is 1. The lowest BCUT2D eigenvalue weighted by Gasteiger charge is -2.10. The molecule has 17 heavy (non-hydrogen) atoms. The second-order valence-corrected chi connectivity index (χ2v) is 6.14. The number of anilines is 1. The summed E-state index contributed by atoms with van der Waals surface area (Å²) in [6, 6.07) is 0. The molecule has 1 atom stereocenters. The predicted octanol–water partition coefficient (Wildman–Crippen LogP) is 2.62. The van der Waals surface area contributed by atoms with Crippen molar-refractivity contribution >= 4 is 5.95 Å². The van der Waals surface area contributed by atoms with Crippen molar-refractivity contribution in [3.05, 3.63) is 11.6 Å². The first kappa shape index (κ1) is 10.9. The number of nitrogens with zero attached hydrogens (tertiary/aromatic N) is 3. The Morgan fingerprint density at radius 2 is 1.65 bits per heavy atom. The van der Waals surface area contributed by atoms with Crippen LogP contribution in [0, 0.1) is 5.41 Å². The fraction of sp³-hybridized carbons (Fsp3) is 0.769. The molecule has 0 saturated heterocycles. The van der Waals surface area contributed by atoms with Gasteiger partial charge < -0.3 is 5.73 Å². The largest absolute Gasteiger partial charge is 0.368 e. The highest BCUT2D eigenvalue weighted by Crippen LogP contribution is 2.57. The van der Waals surface area contributed by atoms with Crippen molar-refractivity contribution in [3.8, 4) is 0 Å². The monoisotopic (exact) mass is 232 g/mol. The molecule has 92 valence electrons. The quantitative estimate of drug-likeness (QED) is 0.851. The van der Waals surface area contributed by atoms with Crippen molar-refractivity contribution < 1.29 is 0 Å². The Bertz CT molecular complexity index is 412. The molecule has 2 saturated carbocycles. The van der Waals surface area contributed by atoms with Crippen LogP contribution in [0.15, 0.2) is 0 Å². The minimum atomic E-state index is 0.348. The maximum Gasteiger partial charge on any atom is 0.223 e. The zero-order valence-corrected chi connectivity index (χ0v) is 10.6. The van der Waals surface area contributed by atoms with Crippen LogP contribution < -0.4 is 5.73 Å². The van der Waals surface area contributed by atoms with Gasteiger partial charge in [0.2, 0.25) is 5.95 Å². The summed E-state index contributed by atoms with van der Waals surface area (Å²) in [5.74, 6) is 3.26. The maximum atomic E-state index is 5.82. The Hall–Kier alpha value is -1.19. The number of aromatic nitrogens is 3. The third kappa shape index (κ3) is 2.01. The molecule has 1 unspecified atom stereocenters. The molecule has 2 aliphatic carbocycles. The molecule has 0 radical (unpaired) electrons. The van der Waals surface area contributed by atoms with Gasteiger partial charge in [-0.3, -0.25) is 0 Å². The van der Waals surface area contributed by atoms with Crippen LogP contribution in [0.2, 0.25) is 0 Å². The molecule has 1 aromatic heterocycles. The molecule has 2 aliphatic rings. The van der Waals surface area contributed by atoms with Crippen LogP contribution in [-0.2, 0) is 0 Å². The van der Waals surface area contributed by atoms with E-state index in [-0.39, 0.29) is 0 Å². The van der Waals surface area contributed by atoms with Crippen molar-refractivity contribution in [1.82, 2.24) is 15.0 Å². The van der Waals surface area contributed by atoms with Crippen LogP contribution in [0.5, 0.6) is 0 Å². The van der Waals surface area contributed by atoms with Crippen LogP contribution >= 0.6 is 0 Å². The van der Waals surface area contributed by atoms with Crippen LogP contribution in [0.3, 0.4) is 0 Å². The van der Waals surface area contributed by atoms with E-state index in [9.17, 15) is 0 Å². The lowest BCUT2D eigenvalue weighted by molar-refractivity contribution is 0.594. The second kappa shape index (κ2) is 3.65. The van der Waals surface area contributed by atoms with Gasteiger partial charge in [-0.05, 0) is 24.7 Å². The molecular formula is C13H20N4. The number of nitrogen functional groups attached to an aromatic ring is 1. The number of rotatable bonds is 2. The molecule has 0 amide bonds. The van der Waals surface area contributed by atoms with Crippen molar-refractivity contribution in [2.24, 2.45) is 5.41 Å². The summed E-state index contributed by atoms with van der Waals surface area (Å²) in [7, 11) is 0. The summed E-state index contributed by atoms with van der Waals surface area (Å²) in [5.41, 5.74) is 6.17. The van der Waals surface area contributed by atoms with E-state index in [1.54, 1.807) is 0 Å². The topological polar surface area (TPSA) is 64.7 Å². The summed E-state index contributed by atoms with van der Waals surface area (Å²) < 4.78 is 0. The second-order valence-electron chi connectivity index (χ2n) is 6.14. The molecule has 0 aromatic carbocycles. The highest BCUT2D eigenvalue weighted by molar-refractivity contribution is 5.24. The highest BCUT2D eigenvalue weighted by atomic mass is 15.1. The molecular weight excluding hydrogens is 212 g/mol. The smallest absolute Gasteiger partial charge is 0.223 e. The summed E-state index contributed by atoms with van der Waals surface area (Å²) in [6.45, 7) is 4.51.